The van der Waals surface area contributed by atoms with E-state index < -0.39 is 0 Å². The number of hydrogen-bond acceptors (Lipinski definition) is 2. The van der Waals surface area contributed by atoms with Crippen molar-refractivity contribution in [2.45, 2.75) is 51.0 Å². The second-order valence-electron chi connectivity index (χ2n) is 7.48. The average molecular weight is 335 g/mol. The molecule has 1 aliphatic carbocycles. The number of nitrogens with zero attached hydrogens (tertiary/aromatic N) is 2. The molecule has 1 aromatic carbocycles. The first-order valence-electron chi connectivity index (χ1n) is 8.77. The van der Waals surface area contributed by atoms with Crippen molar-refractivity contribution in [1.29, 1.82) is 0 Å². The van der Waals surface area contributed by atoms with Crippen molar-refractivity contribution in [1.82, 2.24) is 4.90 Å². The van der Waals surface area contributed by atoms with Crippen LogP contribution in [0.3, 0.4) is 0 Å². The number of aryl methyl sites for hydroxylation is 1. The highest BCUT2D eigenvalue weighted by atomic mass is 35.5. The summed E-state index contributed by atoms with van der Waals surface area (Å²) in [5.74, 6) is 1.17. The molecule has 2 aliphatic heterocycles. The van der Waals surface area contributed by atoms with Crippen molar-refractivity contribution in [3.8, 4) is 0 Å². The van der Waals surface area contributed by atoms with Crippen LogP contribution in [0.25, 0.3) is 0 Å². The minimum absolute atomic E-state index is 0. The van der Waals surface area contributed by atoms with Crippen molar-refractivity contribution in [2.75, 3.05) is 25.0 Å². The second-order valence-corrected chi connectivity index (χ2v) is 7.48. The van der Waals surface area contributed by atoms with E-state index >= 15 is 0 Å². The standard InChI is InChI=1S/C19H26N2O.ClH/c1-13-7-8-17-15(11-13)16-12-20(2)10-9-18(16)21(17)19(22)14-5-3-4-6-14;/h7-8,11,14,16,18H,3-6,9-10,12H2,1-2H3;1H. The van der Waals surface area contributed by atoms with Crippen molar-refractivity contribution < 1.29 is 4.79 Å². The first-order chi connectivity index (χ1) is 10.6. The Morgan fingerprint density at radius 1 is 1.17 bits per heavy atom. The number of likely N-dealkylation sites (tertiary alicyclic amines) is 1. The predicted molar refractivity (Wildman–Crippen MR) is 96.5 cm³/mol. The van der Waals surface area contributed by atoms with Gasteiger partial charge in [0, 0.05) is 30.1 Å². The van der Waals surface area contributed by atoms with Crippen LogP contribution < -0.4 is 4.90 Å². The molecule has 2 heterocycles. The molecule has 0 N–H and O–H groups in total. The van der Waals surface area contributed by atoms with Gasteiger partial charge in [0.2, 0.25) is 5.91 Å². The van der Waals surface area contributed by atoms with E-state index in [2.05, 4.69) is 42.0 Å². The number of carbonyl (C=O) groups excluding carboxylic acids is 1. The molecule has 1 amide bonds. The molecule has 23 heavy (non-hydrogen) atoms. The highest BCUT2D eigenvalue weighted by Gasteiger charge is 2.45. The van der Waals surface area contributed by atoms with Crippen molar-refractivity contribution >= 4 is 24.0 Å². The monoisotopic (exact) mass is 334 g/mol. The molecule has 2 fully saturated rings. The summed E-state index contributed by atoms with van der Waals surface area (Å²) in [5.41, 5.74) is 3.91. The SMILES string of the molecule is Cc1ccc2c(c1)C1CN(C)CCC1N2C(=O)C1CCCC1.Cl. The van der Waals surface area contributed by atoms with Crippen molar-refractivity contribution in [3.05, 3.63) is 29.3 Å². The Bertz CT molecular complexity index is 597. The largest absolute Gasteiger partial charge is 0.308 e. The molecule has 0 spiro atoms. The van der Waals surface area contributed by atoms with Gasteiger partial charge in [-0.2, -0.15) is 0 Å². The topological polar surface area (TPSA) is 23.6 Å². The Hall–Kier alpha value is -1.06. The van der Waals surface area contributed by atoms with Crippen LogP contribution in [0.2, 0.25) is 0 Å². The van der Waals surface area contributed by atoms with E-state index in [1.165, 1.54) is 29.7 Å². The molecule has 0 bridgehead atoms. The van der Waals surface area contributed by atoms with Crippen molar-refractivity contribution in [3.63, 3.8) is 0 Å². The Balaban J connectivity index is 0.00000156. The third-order valence-corrected chi connectivity index (χ3v) is 5.89. The number of amides is 1. The van der Waals surface area contributed by atoms with E-state index in [1.54, 1.807) is 0 Å². The minimum atomic E-state index is 0. The molecule has 1 saturated heterocycles. The van der Waals surface area contributed by atoms with E-state index in [0.717, 1.165) is 32.4 Å². The molecule has 3 nitrogen and oxygen atoms in total. The van der Waals surface area contributed by atoms with Gasteiger partial charge in [0.25, 0.3) is 0 Å². The number of carbonyl (C=O) groups is 1. The second kappa shape index (κ2) is 6.45. The molecular weight excluding hydrogens is 308 g/mol. The van der Waals surface area contributed by atoms with Gasteiger partial charge < -0.3 is 9.80 Å². The fourth-order valence-corrected chi connectivity index (χ4v) is 4.74. The third-order valence-electron chi connectivity index (χ3n) is 5.89. The van der Waals surface area contributed by atoms with Crippen LogP contribution in [-0.4, -0.2) is 37.0 Å². The molecule has 1 saturated carbocycles. The lowest BCUT2D eigenvalue weighted by Gasteiger charge is -2.37. The zero-order valence-corrected chi connectivity index (χ0v) is 14.9. The summed E-state index contributed by atoms with van der Waals surface area (Å²) in [4.78, 5) is 17.8. The van der Waals surface area contributed by atoms with Crippen molar-refractivity contribution in [2.24, 2.45) is 5.92 Å². The van der Waals surface area contributed by atoms with E-state index in [1.807, 2.05) is 0 Å². The fourth-order valence-electron chi connectivity index (χ4n) is 4.74. The molecule has 2 unspecified atom stereocenters. The number of likely N-dealkylation sites (N-methyl/N-ethyl adjacent to an activating group) is 1. The summed E-state index contributed by atoms with van der Waals surface area (Å²) in [5, 5.41) is 0. The van der Waals surface area contributed by atoms with Gasteiger partial charge in [-0.3, -0.25) is 4.79 Å². The van der Waals surface area contributed by atoms with E-state index in [-0.39, 0.29) is 18.3 Å². The number of piperidine rings is 1. The number of hydrogen-bond donors (Lipinski definition) is 0. The Morgan fingerprint density at radius 3 is 2.65 bits per heavy atom. The first-order valence-corrected chi connectivity index (χ1v) is 8.77. The Kier molecular flexibility index (Phi) is 4.70. The summed E-state index contributed by atoms with van der Waals surface area (Å²) < 4.78 is 0. The molecule has 1 aromatic rings. The highest BCUT2D eigenvalue weighted by Crippen LogP contribution is 2.46. The quantitative estimate of drug-likeness (QED) is 0.781. The number of benzene rings is 1. The van der Waals surface area contributed by atoms with Gasteiger partial charge in [-0.25, -0.2) is 0 Å². The first kappa shape index (κ1) is 16.8. The Morgan fingerprint density at radius 2 is 1.91 bits per heavy atom. The van der Waals surface area contributed by atoms with Gasteiger partial charge in [-0.1, -0.05) is 30.5 Å². The van der Waals surface area contributed by atoms with Crippen LogP contribution in [-0.2, 0) is 4.79 Å². The maximum atomic E-state index is 13.1. The van der Waals surface area contributed by atoms with E-state index in [0.29, 0.717) is 17.9 Å². The molecule has 4 heteroatoms. The fraction of sp³-hybridized carbons (Fsp3) is 0.632. The van der Waals surface area contributed by atoms with E-state index in [9.17, 15) is 4.79 Å². The van der Waals surface area contributed by atoms with Gasteiger partial charge >= 0.3 is 0 Å². The highest BCUT2D eigenvalue weighted by molar-refractivity contribution is 5.98. The zero-order chi connectivity index (χ0) is 15.3. The normalized spacial score (nSPS) is 27.5. The van der Waals surface area contributed by atoms with E-state index in [4.69, 9.17) is 0 Å². The average Bonchev–Trinajstić information content (AvgIpc) is 3.13. The lowest BCUT2D eigenvalue weighted by Crippen LogP contribution is -2.48. The number of fused-ring (bicyclic) bond motifs is 3. The van der Waals surface area contributed by atoms with Gasteiger partial charge in [0.05, 0.1) is 0 Å². The van der Waals surface area contributed by atoms with Crippen LogP contribution in [0.1, 0.15) is 49.1 Å². The van der Waals surface area contributed by atoms with Gasteiger partial charge in [-0.05, 0) is 51.4 Å². The minimum Gasteiger partial charge on any atom is -0.308 e. The molecule has 3 aliphatic rings. The van der Waals surface area contributed by atoms with Crippen LogP contribution in [0.5, 0.6) is 0 Å². The van der Waals surface area contributed by atoms with Gasteiger partial charge in [-0.15, -0.1) is 12.4 Å². The Labute approximate surface area is 145 Å². The molecule has 0 aromatic heterocycles. The lowest BCUT2D eigenvalue weighted by atomic mass is 9.88. The van der Waals surface area contributed by atoms with Gasteiger partial charge in [0.15, 0.2) is 0 Å². The predicted octanol–water partition coefficient (Wildman–Crippen LogP) is 3.74. The molecule has 126 valence electrons. The smallest absolute Gasteiger partial charge is 0.230 e. The maximum absolute atomic E-state index is 13.1. The van der Waals surface area contributed by atoms with Crippen LogP contribution in [0, 0.1) is 12.8 Å². The number of halogens is 1. The zero-order valence-electron chi connectivity index (χ0n) is 14.1. The molecule has 0 radical (unpaired) electrons. The lowest BCUT2D eigenvalue weighted by molar-refractivity contribution is -0.122. The van der Waals surface area contributed by atoms with Gasteiger partial charge in [0.1, 0.15) is 0 Å². The summed E-state index contributed by atoms with van der Waals surface area (Å²) in [7, 11) is 2.20. The summed E-state index contributed by atoms with van der Waals surface area (Å²) in [6.07, 6.45) is 5.73. The summed E-state index contributed by atoms with van der Waals surface area (Å²) in [6.45, 7) is 4.33. The molecule has 2 atom stereocenters. The summed E-state index contributed by atoms with van der Waals surface area (Å²) in [6, 6.07) is 7.06. The van der Waals surface area contributed by atoms with Crippen LogP contribution in [0.4, 0.5) is 5.69 Å². The van der Waals surface area contributed by atoms with Crippen LogP contribution >= 0.6 is 12.4 Å². The van der Waals surface area contributed by atoms with Crippen LogP contribution in [0.15, 0.2) is 18.2 Å². The maximum Gasteiger partial charge on any atom is 0.230 e. The number of rotatable bonds is 1. The number of anilines is 1. The third kappa shape index (κ3) is 2.78. The molecule has 4 rings (SSSR count). The summed E-state index contributed by atoms with van der Waals surface area (Å²) >= 11 is 0. The molecular formula is C19H27ClN2O.